The molecule has 0 aliphatic rings. The Morgan fingerprint density at radius 1 is 1.10 bits per heavy atom. The van der Waals surface area contributed by atoms with Crippen LogP contribution in [0.15, 0.2) is 42.7 Å². The minimum atomic E-state index is 0.0676. The van der Waals surface area contributed by atoms with E-state index < -0.39 is 0 Å². The standard InChI is InChI=1S/C17H22N2O2/c1-4-19-17(13-7-6-8-15(9-13)20-3)14-10-16(21-5-2)12-18-11-14/h6-12,17,19H,4-5H2,1-3H3. The van der Waals surface area contributed by atoms with Crippen molar-refractivity contribution >= 4 is 0 Å². The number of hydrogen-bond donors (Lipinski definition) is 1. The van der Waals surface area contributed by atoms with Crippen LogP contribution in [0.3, 0.4) is 0 Å². The Morgan fingerprint density at radius 3 is 2.62 bits per heavy atom. The van der Waals surface area contributed by atoms with Crippen LogP contribution in [0.4, 0.5) is 0 Å². The Labute approximate surface area is 126 Å². The summed E-state index contributed by atoms with van der Waals surface area (Å²) in [4.78, 5) is 4.28. The van der Waals surface area contributed by atoms with Crippen molar-refractivity contribution in [3.63, 3.8) is 0 Å². The Balaban J connectivity index is 2.35. The molecule has 112 valence electrons. The average Bonchev–Trinajstić information content (AvgIpc) is 2.53. The van der Waals surface area contributed by atoms with Crippen LogP contribution in [-0.4, -0.2) is 25.2 Å². The summed E-state index contributed by atoms with van der Waals surface area (Å²) in [6.45, 7) is 5.56. The van der Waals surface area contributed by atoms with Crippen LogP contribution in [0.1, 0.15) is 31.0 Å². The summed E-state index contributed by atoms with van der Waals surface area (Å²) >= 11 is 0. The van der Waals surface area contributed by atoms with Crippen molar-refractivity contribution in [3.8, 4) is 11.5 Å². The van der Waals surface area contributed by atoms with E-state index in [1.165, 1.54) is 0 Å². The van der Waals surface area contributed by atoms with Gasteiger partial charge in [-0.25, -0.2) is 0 Å². The third kappa shape index (κ3) is 3.95. The van der Waals surface area contributed by atoms with Gasteiger partial charge in [-0.1, -0.05) is 19.1 Å². The highest BCUT2D eigenvalue weighted by Gasteiger charge is 2.14. The molecular formula is C17H22N2O2. The first-order valence-electron chi connectivity index (χ1n) is 7.23. The van der Waals surface area contributed by atoms with Gasteiger partial charge in [-0.3, -0.25) is 4.98 Å². The highest BCUT2D eigenvalue weighted by Crippen LogP contribution is 2.26. The lowest BCUT2D eigenvalue weighted by Crippen LogP contribution is -2.22. The maximum Gasteiger partial charge on any atom is 0.137 e. The Kier molecular flexibility index (Phi) is 5.58. The largest absolute Gasteiger partial charge is 0.497 e. The minimum Gasteiger partial charge on any atom is -0.497 e. The predicted octanol–water partition coefficient (Wildman–Crippen LogP) is 3.19. The molecule has 0 spiro atoms. The minimum absolute atomic E-state index is 0.0676. The Hall–Kier alpha value is -2.07. The third-order valence-corrected chi connectivity index (χ3v) is 3.21. The summed E-state index contributed by atoms with van der Waals surface area (Å²) in [7, 11) is 1.68. The topological polar surface area (TPSA) is 43.4 Å². The predicted molar refractivity (Wildman–Crippen MR) is 83.9 cm³/mol. The zero-order valence-electron chi connectivity index (χ0n) is 12.8. The molecule has 2 rings (SSSR count). The lowest BCUT2D eigenvalue weighted by atomic mass is 9.99. The maximum absolute atomic E-state index is 5.54. The van der Waals surface area contributed by atoms with Crippen molar-refractivity contribution in [2.75, 3.05) is 20.3 Å². The Morgan fingerprint density at radius 2 is 1.90 bits per heavy atom. The number of hydrogen-bond acceptors (Lipinski definition) is 4. The van der Waals surface area contributed by atoms with Gasteiger partial charge in [-0.2, -0.15) is 0 Å². The molecular weight excluding hydrogens is 264 g/mol. The van der Waals surface area contributed by atoms with Crippen molar-refractivity contribution in [1.29, 1.82) is 0 Å². The van der Waals surface area contributed by atoms with Crippen LogP contribution in [0, 0.1) is 0 Å². The number of nitrogens with zero attached hydrogens (tertiary/aromatic N) is 1. The quantitative estimate of drug-likeness (QED) is 0.849. The summed E-state index contributed by atoms with van der Waals surface area (Å²) in [5.41, 5.74) is 2.22. The fraction of sp³-hybridized carbons (Fsp3) is 0.353. The first kappa shape index (κ1) is 15.3. The molecule has 1 N–H and O–H groups in total. The van der Waals surface area contributed by atoms with E-state index in [1.54, 1.807) is 13.3 Å². The zero-order chi connectivity index (χ0) is 15.1. The first-order chi connectivity index (χ1) is 10.3. The van der Waals surface area contributed by atoms with Crippen LogP contribution < -0.4 is 14.8 Å². The highest BCUT2D eigenvalue weighted by molar-refractivity contribution is 5.37. The number of methoxy groups -OCH3 is 1. The lowest BCUT2D eigenvalue weighted by Gasteiger charge is -2.19. The van der Waals surface area contributed by atoms with Gasteiger partial charge in [0.1, 0.15) is 11.5 Å². The van der Waals surface area contributed by atoms with Crippen molar-refractivity contribution in [1.82, 2.24) is 10.3 Å². The van der Waals surface area contributed by atoms with Crippen molar-refractivity contribution in [2.45, 2.75) is 19.9 Å². The summed E-state index contributed by atoms with van der Waals surface area (Å²) in [6.07, 6.45) is 3.61. The van der Waals surface area contributed by atoms with Gasteiger partial charge in [-0.05, 0) is 42.8 Å². The fourth-order valence-electron chi connectivity index (χ4n) is 2.29. The molecule has 2 aromatic rings. The number of aromatic nitrogens is 1. The summed E-state index contributed by atoms with van der Waals surface area (Å²) in [5, 5.41) is 3.48. The summed E-state index contributed by atoms with van der Waals surface area (Å²) in [5.74, 6) is 1.64. The Bertz CT molecular complexity index is 572. The van der Waals surface area contributed by atoms with Crippen LogP contribution in [-0.2, 0) is 0 Å². The maximum atomic E-state index is 5.54. The van der Waals surface area contributed by atoms with Crippen molar-refractivity contribution in [2.24, 2.45) is 0 Å². The average molecular weight is 286 g/mol. The van der Waals surface area contributed by atoms with Gasteiger partial charge in [0.25, 0.3) is 0 Å². The first-order valence-corrected chi connectivity index (χ1v) is 7.23. The molecule has 4 nitrogen and oxygen atoms in total. The van der Waals surface area contributed by atoms with E-state index in [4.69, 9.17) is 9.47 Å². The number of pyridine rings is 1. The molecule has 1 aromatic carbocycles. The van der Waals surface area contributed by atoms with E-state index in [0.29, 0.717) is 6.61 Å². The van der Waals surface area contributed by atoms with Crippen LogP contribution >= 0.6 is 0 Å². The third-order valence-electron chi connectivity index (χ3n) is 3.21. The van der Waals surface area contributed by atoms with E-state index in [0.717, 1.165) is 29.2 Å². The second kappa shape index (κ2) is 7.64. The van der Waals surface area contributed by atoms with Crippen LogP contribution in [0.2, 0.25) is 0 Å². The molecule has 0 saturated carbocycles. The molecule has 0 bridgehead atoms. The molecule has 0 aliphatic heterocycles. The SMILES string of the molecule is CCNC(c1cccc(OC)c1)c1cncc(OCC)c1. The number of ether oxygens (including phenoxy) is 2. The normalized spacial score (nSPS) is 12.0. The van der Waals surface area contributed by atoms with Crippen molar-refractivity contribution < 1.29 is 9.47 Å². The van der Waals surface area contributed by atoms with E-state index in [2.05, 4.69) is 23.3 Å². The fourth-order valence-corrected chi connectivity index (χ4v) is 2.29. The lowest BCUT2D eigenvalue weighted by molar-refractivity contribution is 0.338. The molecule has 0 fully saturated rings. The second-order valence-corrected chi connectivity index (χ2v) is 4.65. The molecule has 0 aliphatic carbocycles. The number of benzene rings is 1. The van der Waals surface area contributed by atoms with Crippen LogP contribution in [0.25, 0.3) is 0 Å². The summed E-state index contributed by atoms with van der Waals surface area (Å²) < 4.78 is 10.9. The van der Waals surface area contributed by atoms with Gasteiger partial charge in [0.15, 0.2) is 0 Å². The van der Waals surface area contributed by atoms with E-state index in [1.807, 2.05) is 37.4 Å². The van der Waals surface area contributed by atoms with Crippen LogP contribution in [0.5, 0.6) is 11.5 Å². The molecule has 1 atom stereocenters. The van der Waals surface area contributed by atoms with E-state index in [-0.39, 0.29) is 6.04 Å². The van der Waals surface area contributed by atoms with Gasteiger partial charge in [0.05, 0.1) is 26.0 Å². The highest BCUT2D eigenvalue weighted by atomic mass is 16.5. The van der Waals surface area contributed by atoms with E-state index >= 15 is 0 Å². The van der Waals surface area contributed by atoms with Gasteiger partial charge in [0, 0.05) is 6.20 Å². The van der Waals surface area contributed by atoms with Gasteiger partial charge in [-0.15, -0.1) is 0 Å². The monoisotopic (exact) mass is 286 g/mol. The molecule has 1 heterocycles. The zero-order valence-corrected chi connectivity index (χ0v) is 12.8. The molecule has 0 saturated heterocycles. The molecule has 0 radical (unpaired) electrons. The van der Waals surface area contributed by atoms with Gasteiger partial charge in [0.2, 0.25) is 0 Å². The molecule has 21 heavy (non-hydrogen) atoms. The molecule has 0 amide bonds. The number of nitrogens with one attached hydrogen (secondary N) is 1. The number of rotatable bonds is 7. The van der Waals surface area contributed by atoms with Gasteiger partial charge >= 0.3 is 0 Å². The molecule has 4 heteroatoms. The van der Waals surface area contributed by atoms with Gasteiger partial charge < -0.3 is 14.8 Å². The summed E-state index contributed by atoms with van der Waals surface area (Å²) in [6, 6.07) is 10.2. The molecule has 1 unspecified atom stereocenters. The van der Waals surface area contributed by atoms with E-state index in [9.17, 15) is 0 Å². The molecule has 1 aromatic heterocycles. The second-order valence-electron chi connectivity index (χ2n) is 4.65. The smallest absolute Gasteiger partial charge is 0.137 e. The van der Waals surface area contributed by atoms with Crippen molar-refractivity contribution in [3.05, 3.63) is 53.9 Å².